The molecule has 0 saturated heterocycles. The van der Waals surface area contributed by atoms with E-state index in [2.05, 4.69) is 15.3 Å². The highest BCUT2D eigenvalue weighted by Gasteiger charge is 2.05. The molecule has 0 aliphatic rings. The average Bonchev–Trinajstić information content (AvgIpc) is 2.30. The topological polar surface area (TPSA) is 63.8 Å². The van der Waals surface area contributed by atoms with Crippen LogP contribution in [-0.2, 0) is 6.54 Å². The monoisotopic (exact) mass is 234 g/mol. The van der Waals surface area contributed by atoms with Gasteiger partial charge in [0, 0.05) is 6.54 Å². The zero-order chi connectivity index (χ0) is 11.4. The third kappa shape index (κ3) is 2.41. The van der Waals surface area contributed by atoms with Gasteiger partial charge in [-0.1, -0.05) is 41.9 Å². The molecule has 0 aliphatic carbocycles. The van der Waals surface area contributed by atoms with Crippen molar-refractivity contribution in [1.29, 1.82) is 0 Å². The second kappa shape index (κ2) is 4.81. The van der Waals surface area contributed by atoms with Crippen molar-refractivity contribution in [2.24, 2.45) is 0 Å². The van der Waals surface area contributed by atoms with Gasteiger partial charge in [0.15, 0.2) is 11.0 Å². The lowest BCUT2D eigenvalue weighted by Crippen LogP contribution is -2.05. The number of anilines is 2. The lowest BCUT2D eigenvalue weighted by Gasteiger charge is -2.09. The van der Waals surface area contributed by atoms with E-state index < -0.39 is 0 Å². The molecule has 3 N–H and O–H groups in total. The molecular formula is C11H11ClN4. The van der Waals surface area contributed by atoms with Crippen molar-refractivity contribution < 1.29 is 0 Å². The SMILES string of the molecule is Nc1ncnc(Cl)c1NCc1ccccc1. The standard InChI is InChI=1S/C11H11ClN4/c12-10-9(11(13)16-7-15-10)14-6-8-4-2-1-3-5-8/h1-5,7,14H,6H2,(H2,13,15,16). The van der Waals surface area contributed by atoms with Crippen LogP contribution in [0.25, 0.3) is 0 Å². The molecule has 16 heavy (non-hydrogen) atoms. The Labute approximate surface area is 98.5 Å². The van der Waals surface area contributed by atoms with Crippen LogP contribution in [0.1, 0.15) is 5.56 Å². The molecule has 0 saturated carbocycles. The third-order valence-corrected chi connectivity index (χ3v) is 2.43. The zero-order valence-electron chi connectivity index (χ0n) is 8.52. The molecule has 5 heteroatoms. The fourth-order valence-electron chi connectivity index (χ4n) is 1.33. The predicted octanol–water partition coefficient (Wildman–Crippen LogP) is 2.32. The molecule has 2 aromatic rings. The van der Waals surface area contributed by atoms with Crippen molar-refractivity contribution in [2.75, 3.05) is 11.1 Å². The number of rotatable bonds is 3. The second-order valence-corrected chi connectivity index (χ2v) is 3.62. The van der Waals surface area contributed by atoms with Crippen LogP contribution in [0.3, 0.4) is 0 Å². The highest BCUT2D eigenvalue weighted by molar-refractivity contribution is 6.32. The van der Waals surface area contributed by atoms with Gasteiger partial charge in [-0.3, -0.25) is 0 Å². The molecule has 0 unspecified atom stereocenters. The predicted molar refractivity (Wildman–Crippen MR) is 65.2 cm³/mol. The summed E-state index contributed by atoms with van der Waals surface area (Å²) >= 11 is 5.90. The van der Waals surface area contributed by atoms with E-state index in [0.717, 1.165) is 5.56 Å². The maximum absolute atomic E-state index is 5.90. The molecule has 82 valence electrons. The number of aromatic nitrogens is 2. The molecule has 0 aliphatic heterocycles. The Morgan fingerprint density at radius 2 is 1.94 bits per heavy atom. The molecule has 0 fully saturated rings. The van der Waals surface area contributed by atoms with E-state index in [1.165, 1.54) is 6.33 Å². The summed E-state index contributed by atoms with van der Waals surface area (Å²) in [4.78, 5) is 7.74. The minimum absolute atomic E-state index is 0.337. The summed E-state index contributed by atoms with van der Waals surface area (Å²) in [7, 11) is 0. The van der Waals surface area contributed by atoms with Gasteiger partial charge in [-0.2, -0.15) is 0 Å². The molecular weight excluding hydrogens is 224 g/mol. The first-order valence-corrected chi connectivity index (χ1v) is 5.19. The van der Waals surface area contributed by atoms with Crippen LogP contribution in [0.4, 0.5) is 11.5 Å². The summed E-state index contributed by atoms with van der Waals surface area (Å²) < 4.78 is 0. The maximum atomic E-state index is 5.90. The number of benzene rings is 1. The van der Waals surface area contributed by atoms with E-state index in [-0.39, 0.29) is 0 Å². The Morgan fingerprint density at radius 1 is 1.19 bits per heavy atom. The Morgan fingerprint density at radius 3 is 2.62 bits per heavy atom. The number of nitrogens with two attached hydrogens (primary N) is 1. The van der Waals surface area contributed by atoms with E-state index in [9.17, 15) is 0 Å². The lowest BCUT2D eigenvalue weighted by molar-refractivity contribution is 1.11. The Hall–Kier alpha value is -1.81. The normalized spacial score (nSPS) is 10.1. The van der Waals surface area contributed by atoms with Gasteiger partial charge in [0.25, 0.3) is 0 Å². The van der Waals surface area contributed by atoms with Crippen LogP contribution >= 0.6 is 11.6 Å². The van der Waals surface area contributed by atoms with Gasteiger partial charge in [-0.05, 0) is 5.56 Å². The smallest absolute Gasteiger partial charge is 0.157 e. The largest absolute Gasteiger partial charge is 0.382 e. The number of nitrogens with one attached hydrogen (secondary N) is 1. The quantitative estimate of drug-likeness (QED) is 0.800. The van der Waals surface area contributed by atoms with Crippen molar-refractivity contribution in [3.8, 4) is 0 Å². The minimum Gasteiger partial charge on any atom is -0.382 e. The first-order valence-electron chi connectivity index (χ1n) is 4.81. The van der Waals surface area contributed by atoms with Gasteiger partial charge >= 0.3 is 0 Å². The van der Waals surface area contributed by atoms with Gasteiger partial charge in [0.1, 0.15) is 12.0 Å². The van der Waals surface area contributed by atoms with E-state index in [4.69, 9.17) is 17.3 Å². The first kappa shape index (κ1) is 10.7. The van der Waals surface area contributed by atoms with E-state index in [1.807, 2.05) is 30.3 Å². The fourth-order valence-corrected chi connectivity index (χ4v) is 1.53. The first-order chi connectivity index (χ1) is 7.77. The molecule has 1 aromatic carbocycles. The van der Waals surface area contributed by atoms with Crippen molar-refractivity contribution >= 4 is 23.1 Å². The van der Waals surface area contributed by atoms with Crippen LogP contribution in [-0.4, -0.2) is 9.97 Å². The minimum atomic E-state index is 0.337. The van der Waals surface area contributed by atoms with Gasteiger partial charge in [0.2, 0.25) is 0 Å². The Bertz CT molecular complexity index is 452. The fraction of sp³-hybridized carbons (Fsp3) is 0.0909. The van der Waals surface area contributed by atoms with Crippen molar-refractivity contribution in [1.82, 2.24) is 9.97 Å². The molecule has 0 atom stereocenters. The lowest BCUT2D eigenvalue weighted by atomic mass is 10.2. The van der Waals surface area contributed by atoms with Crippen molar-refractivity contribution in [3.63, 3.8) is 0 Å². The molecule has 0 amide bonds. The zero-order valence-corrected chi connectivity index (χ0v) is 9.28. The molecule has 4 nitrogen and oxygen atoms in total. The average molecular weight is 235 g/mol. The number of hydrogen-bond acceptors (Lipinski definition) is 4. The summed E-state index contributed by atoms with van der Waals surface area (Å²) in [6, 6.07) is 9.95. The summed E-state index contributed by atoms with van der Waals surface area (Å²) in [5, 5.41) is 3.45. The van der Waals surface area contributed by atoms with Gasteiger partial charge in [-0.25, -0.2) is 9.97 Å². The van der Waals surface area contributed by atoms with Crippen molar-refractivity contribution in [2.45, 2.75) is 6.54 Å². The summed E-state index contributed by atoms with van der Waals surface area (Å²) in [5.74, 6) is 0.357. The van der Waals surface area contributed by atoms with Gasteiger partial charge in [0.05, 0.1) is 0 Å². The molecule has 1 heterocycles. The number of nitrogens with zero attached hydrogens (tertiary/aromatic N) is 2. The van der Waals surface area contributed by atoms with Crippen LogP contribution in [0.15, 0.2) is 36.7 Å². The molecule has 1 aromatic heterocycles. The Kier molecular flexibility index (Phi) is 3.22. The second-order valence-electron chi connectivity index (χ2n) is 3.26. The summed E-state index contributed by atoms with van der Waals surface area (Å²) in [5.41, 5.74) is 7.40. The van der Waals surface area contributed by atoms with Crippen molar-refractivity contribution in [3.05, 3.63) is 47.4 Å². The third-order valence-electron chi connectivity index (χ3n) is 2.14. The molecule has 0 spiro atoms. The number of hydrogen-bond donors (Lipinski definition) is 2. The highest BCUT2D eigenvalue weighted by atomic mass is 35.5. The van der Waals surface area contributed by atoms with Crippen LogP contribution in [0.2, 0.25) is 5.15 Å². The van der Waals surface area contributed by atoms with E-state index in [0.29, 0.717) is 23.2 Å². The van der Waals surface area contributed by atoms with Gasteiger partial charge in [-0.15, -0.1) is 0 Å². The maximum Gasteiger partial charge on any atom is 0.157 e. The number of halogens is 1. The molecule has 0 bridgehead atoms. The summed E-state index contributed by atoms with van der Waals surface area (Å²) in [6.45, 7) is 0.637. The van der Waals surface area contributed by atoms with E-state index >= 15 is 0 Å². The number of nitrogen functional groups attached to an aromatic ring is 1. The van der Waals surface area contributed by atoms with Gasteiger partial charge < -0.3 is 11.1 Å². The van der Waals surface area contributed by atoms with Crippen LogP contribution < -0.4 is 11.1 Å². The Balaban J connectivity index is 2.11. The highest BCUT2D eigenvalue weighted by Crippen LogP contribution is 2.23. The summed E-state index contributed by atoms with van der Waals surface area (Å²) in [6.07, 6.45) is 1.34. The molecule has 2 rings (SSSR count). The van der Waals surface area contributed by atoms with Crippen LogP contribution in [0.5, 0.6) is 0 Å². The van der Waals surface area contributed by atoms with Crippen LogP contribution in [0, 0.1) is 0 Å². The molecule has 0 radical (unpaired) electrons. The van der Waals surface area contributed by atoms with E-state index in [1.54, 1.807) is 0 Å².